The molecule has 0 heterocycles. The van der Waals surface area contributed by atoms with E-state index in [4.69, 9.17) is 5.90 Å². The van der Waals surface area contributed by atoms with Crippen molar-refractivity contribution in [1.82, 2.24) is 0 Å². The lowest BCUT2D eigenvalue weighted by atomic mass is 9.99. The fraction of sp³-hybridized carbons (Fsp3) is 1.00. The minimum absolute atomic E-state index is 0. The van der Waals surface area contributed by atoms with Crippen LogP contribution in [0.25, 0.3) is 0 Å². The summed E-state index contributed by atoms with van der Waals surface area (Å²) in [7, 11) is 0. The van der Waals surface area contributed by atoms with E-state index < -0.39 is 0 Å². The van der Waals surface area contributed by atoms with Crippen LogP contribution in [-0.2, 0) is 4.84 Å². The van der Waals surface area contributed by atoms with Gasteiger partial charge in [-0.2, -0.15) is 0 Å². The second-order valence-corrected chi connectivity index (χ2v) is 2.87. The number of hydrogen-bond donors (Lipinski definition) is 1. The molecule has 0 spiro atoms. The Kier molecular flexibility index (Phi) is 5.71. The van der Waals surface area contributed by atoms with Gasteiger partial charge in [-0.15, -0.1) is 12.4 Å². The van der Waals surface area contributed by atoms with E-state index in [1.807, 2.05) is 0 Å². The summed E-state index contributed by atoms with van der Waals surface area (Å²) in [6.45, 7) is 6.83. The smallest absolute Gasteiger partial charge is 0.0727 e. The summed E-state index contributed by atoms with van der Waals surface area (Å²) < 4.78 is 0. The van der Waals surface area contributed by atoms with E-state index in [1.54, 1.807) is 0 Å². The second kappa shape index (κ2) is 4.13. The van der Waals surface area contributed by atoms with Gasteiger partial charge in [-0.1, -0.05) is 20.8 Å². The molecule has 0 bridgehead atoms. The molecule has 0 aromatic heterocycles. The van der Waals surface area contributed by atoms with Gasteiger partial charge in [0.2, 0.25) is 0 Å². The normalized spacial score (nSPS) is 10.5. The van der Waals surface area contributed by atoms with Gasteiger partial charge in [0.25, 0.3) is 0 Å². The van der Waals surface area contributed by atoms with Gasteiger partial charge >= 0.3 is 0 Å². The van der Waals surface area contributed by atoms with Crippen LogP contribution < -0.4 is 5.90 Å². The molecule has 0 aliphatic rings. The van der Waals surface area contributed by atoms with Crippen LogP contribution in [0.2, 0.25) is 0 Å². The molecule has 0 aromatic carbocycles. The summed E-state index contributed by atoms with van der Waals surface area (Å²) in [5.74, 6) is 4.81. The molecule has 0 radical (unpaired) electrons. The summed E-state index contributed by atoms with van der Waals surface area (Å²) >= 11 is 0. The fourth-order valence-corrected chi connectivity index (χ4v) is 0.250. The van der Waals surface area contributed by atoms with Gasteiger partial charge < -0.3 is 4.84 Å². The van der Waals surface area contributed by atoms with E-state index in [2.05, 4.69) is 25.6 Å². The molecule has 0 fully saturated rings. The highest BCUT2D eigenvalue weighted by atomic mass is 35.5. The third-order valence-corrected chi connectivity index (χ3v) is 0.516. The Morgan fingerprint density at radius 2 is 1.75 bits per heavy atom. The first-order valence-corrected chi connectivity index (χ1v) is 2.38. The van der Waals surface area contributed by atoms with Crippen LogP contribution in [0.3, 0.4) is 0 Å². The Morgan fingerprint density at radius 3 is 1.75 bits per heavy atom. The Morgan fingerprint density at radius 1 is 1.38 bits per heavy atom. The van der Waals surface area contributed by atoms with Gasteiger partial charge in [-0.05, 0) is 5.41 Å². The van der Waals surface area contributed by atoms with Crippen molar-refractivity contribution >= 4 is 12.4 Å². The minimum atomic E-state index is 0. The van der Waals surface area contributed by atoms with Crippen LogP contribution in [0, 0.1) is 5.41 Å². The molecule has 8 heavy (non-hydrogen) atoms. The summed E-state index contributed by atoms with van der Waals surface area (Å²) in [4.78, 5) is 4.41. The maximum Gasteiger partial charge on any atom is 0.0727 e. The Hall–Kier alpha value is 0.210. The highest BCUT2D eigenvalue weighted by Crippen LogP contribution is 2.10. The third-order valence-electron chi connectivity index (χ3n) is 0.516. The maximum atomic E-state index is 4.81. The zero-order chi connectivity index (χ0) is 5.91. The van der Waals surface area contributed by atoms with E-state index in [0.29, 0.717) is 6.61 Å². The van der Waals surface area contributed by atoms with E-state index in [9.17, 15) is 0 Å². The fourth-order valence-electron chi connectivity index (χ4n) is 0.250. The van der Waals surface area contributed by atoms with Crippen molar-refractivity contribution in [3.8, 4) is 0 Å². The van der Waals surface area contributed by atoms with Gasteiger partial charge in [0.15, 0.2) is 0 Å². The molecule has 0 atom stereocenters. The number of hydrogen-bond acceptors (Lipinski definition) is 2. The van der Waals surface area contributed by atoms with Gasteiger partial charge in [0.1, 0.15) is 0 Å². The lowest BCUT2D eigenvalue weighted by Crippen LogP contribution is -2.17. The van der Waals surface area contributed by atoms with Crippen molar-refractivity contribution in [2.45, 2.75) is 20.8 Å². The average Bonchev–Trinajstić information content (AvgIpc) is 1.30. The van der Waals surface area contributed by atoms with E-state index in [-0.39, 0.29) is 17.8 Å². The van der Waals surface area contributed by atoms with Crippen molar-refractivity contribution in [1.29, 1.82) is 0 Å². The molecule has 0 rings (SSSR count). The minimum Gasteiger partial charge on any atom is -0.304 e. The maximum absolute atomic E-state index is 4.81. The Bertz CT molecular complexity index is 50.9. The van der Waals surface area contributed by atoms with Crippen molar-refractivity contribution in [2.24, 2.45) is 11.3 Å². The van der Waals surface area contributed by atoms with E-state index in [1.165, 1.54) is 0 Å². The summed E-state index contributed by atoms with van der Waals surface area (Å²) in [6.07, 6.45) is 0. The lowest BCUT2D eigenvalue weighted by Gasteiger charge is -2.14. The molecule has 2 N–H and O–H groups in total. The predicted octanol–water partition coefficient (Wildman–Crippen LogP) is 1.34. The van der Waals surface area contributed by atoms with Crippen LogP contribution in [0.15, 0.2) is 0 Å². The zero-order valence-corrected chi connectivity index (χ0v) is 6.42. The number of halogens is 1. The SMILES string of the molecule is CC(C)(C)CON.Cl. The molecule has 0 aliphatic heterocycles. The molecule has 3 heteroatoms. The highest BCUT2D eigenvalue weighted by Gasteiger charge is 2.07. The third kappa shape index (κ3) is 9.51. The van der Waals surface area contributed by atoms with Crippen molar-refractivity contribution in [3.05, 3.63) is 0 Å². The molecule has 0 saturated carbocycles. The topological polar surface area (TPSA) is 35.2 Å². The van der Waals surface area contributed by atoms with Gasteiger partial charge in [0, 0.05) is 0 Å². The number of nitrogens with two attached hydrogens (primary N) is 1. The van der Waals surface area contributed by atoms with E-state index >= 15 is 0 Å². The molecule has 2 nitrogen and oxygen atoms in total. The second-order valence-electron chi connectivity index (χ2n) is 2.87. The summed E-state index contributed by atoms with van der Waals surface area (Å²) in [5, 5.41) is 0. The molecule has 52 valence electrons. The van der Waals surface area contributed by atoms with Gasteiger partial charge in [0.05, 0.1) is 6.61 Å². The summed E-state index contributed by atoms with van der Waals surface area (Å²) in [6, 6.07) is 0. The highest BCUT2D eigenvalue weighted by molar-refractivity contribution is 5.85. The van der Waals surface area contributed by atoms with Crippen molar-refractivity contribution in [3.63, 3.8) is 0 Å². The largest absolute Gasteiger partial charge is 0.304 e. The van der Waals surface area contributed by atoms with Crippen LogP contribution in [-0.4, -0.2) is 6.61 Å². The van der Waals surface area contributed by atoms with Crippen LogP contribution >= 0.6 is 12.4 Å². The van der Waals surface area contributed by atoms with Crippen LogP contribution in [0.5, 0.6) is 0 Å². The Balaban J connectivity index is 0. The molecule has 0 aliphatic carbocycles. The predicted molar refractivity (Wildman–Crippen MR) is 36.8 cm³/mol. The molecule has 0 aromatic rings. The molecular formula is C5H14ClNO. The monoisotopic (exact) mass is 139 g/mol. The van der Waals surface area contributed by atoms with Gasteiger partial charge in [-0.3, -0.25) is 0 Å². The first kappa shape index (κ1) is 11.1. The quantitative estimate of drug-likeness (QED) is 0.557. The Labute approximate surface area is 56.8 Å². The van der Waals surface area contributed by atoms with Crippen molar-refractivity contribution in [2.75, 3.05) is 6.61 Å². The summed E-state index contributed by atoms with van der Waals surface area (Å²) in [5.41, 5.74) is 0.203. The number of rotatable bonds is 1. The van der Waals surface area contributed by atoms with E-state index in [0.717, 1.165) is 0 Å². The first-order chi connectivity index (χ1) is 3.06. The molecule has 0 saturated heterocycles. The zero-order valence-electron chi connectivity index (χ0n) is 5.60. The molecule has 0 unspecified atom stereocenters. The first-order valence-electron chi connectivity index (χ1n) is 2.38. The average molecular weight is 140 g/mol. The molecular weight excluding hydrogens is 126 g/mol. The standard InChI is InChI=1S/C5H13NO.ClH/c1-5(2,3)4-7-6;/h4,6H2,1-3H3;1H. The van der Waals surface area contributed by atoms with Gasteiger partial charge in [-0.25, -0.2) is 5.90 Å². The molecule has 0 amide bonds. The van der Waals surface area contributed by atoms with Crippen LogP contribution in [0.4, 0.5) is 0 Å². The van der Waals surface area contributed by atoms with Crippen LogP contribution in [0.1, 0.15) is 20.8 Å². The lowest BCUT2D eigenvalue weighted by molar-refractivity contribution is 0.0721. The van der Waals surface area contributed by atoms with Crippen molar-refractivity contribution < 1.29 is 4.84 Å².